The zero-order chi connectivity index (χ0) is 22.2. The van der Waals surface area contributed by atoms with Gasteiger partial charge in [-0.05, 0) is 29.8 Å². The minimum atomic E-state index is -0.419. The molecule has 9 heteroatoms. The number of thioether (sulfide) groups is 1. The summed E-state index contributed by atoms with van der Waals surface area (Å²) in [6.45, 7) is 2.49. The molecule has 0 bridgehead atoms. The number of halogens is 1. The molecular formula is C22H25FN4O3S. The number of nitrogens with one attached hydrogen (secondary N) is 1. The molecular weight excluding hydrogens is 419 g/mol. The maximum Gasteiger partial charge on any atom is 0.238 e. The Morgan fingerprint density at radius 3 is 2.35 bits per heavy atom. The van der Waals surface area contributed by atoms with Crippen molar-refractivity contribution in [1.82, 2.24) is 9.80 Å². The van der Waals surface area contributed by atoms with Gasteiger partial charge in [-0.3, -0.25) is 19.3 Å². The molecule has 1 saturated heterocycles. The summed E-state index contributed by atoms with van der Waals surface area (Å²) in [6.07, 6.45) is 0.237. The van der Waals surface area contributed by atoms with E-state index < -0.39 is 5.91 Å². The average Bonchev–Trinajstić information content (AvgIpc) is 2.75. The summed E-state index contributed by atoms with van der Waals surface area (Å²) in [7, 11) is 0. The smallest absolute Gasteiger partial charge is 0.238 e. The van der Waals surface area contributed by atoms with E-state index in [4.69, 9.17) is 5.73 Å². The van der Waals surface area contributed by atoms with Gasteiger partial charge in [0.1, 0.15) is 5.82 Å². The predicted molar refractivity (Wildman–Crippen MR) is 118 cm³/mol. The Morgan fingerprint density at radius 2 is 1.68 bits per heavy atom. The molecule has 7 nitrogen and oxygen atoms in total. The zero-order valence-electron chi connectivity index (χ0n) is 17.1. The molecule has 0 radical (unpaired) electrons. The maximum absolute atomic E-state index is 13.0. The fraction of sp³-hybridized carbons (Fsp3) is 0.318. The van der Waals surface area contributed by atoms with Crippen molar-refractivity contribution in [2.24, 2.45) is 5.73 Å². The first-order valence-corrected chi connectivity index (χ1v) is 10.9. The van der Waals surface area contributed by atoms with Gasteiger partial charge >= 0.3 is 0 Å². The summed E-state index contributed by atoms with van der Waals surface area (Å²) in [4.78, 5) is 40.5. The number of piperazine rings is 1. The number of nitrogens with two attached hydrogens (primary N) is 1. The van der Waals surface area contributed by atoms with E-state index in [2.05, 4.69) is 5.32 Å². The predicted octanol–water partition coefficient (Wildman–Crippen LogP) is 1.73. The van der Waals surface area contributed by atoms with Gasteiger partial charge in [-0.15, -0.1) is 11.8 Å². The van der Waals surface area contributed by atoms with Gasteiger partial charge < -0.3 is 16.0 Å². The molecule has 1 heterocycles. The topological polar surface area (TPSA) is 95.7 Å². The molecule has 0 aromatic heterocycles. The summed E-state index contributed by atoms with van der Waals surface area (Å²) in [6, 6.07) is 13.2. The number of hydrogen-bond donors (Lipinski definition) is 2. The number of anilines is 1. The molecule has 1 aliphatic heterocycles. The second kappa shape index (κ2) is 10.9. The van der Waals surface area contributed by atoms with Gasteiger partial charge in [-0.1, -0.05) is 24.3 Å². The number of carbonyl (C=O) groups is 3. The van der Waals surface area contributed by atoms with Crippen LogP contribution in [-0.4, -0.2) is 66.0 Å². The van der Waals surface area contributed by atoms with Gasteiger partial charge in [0, 0.05) is 31.1 Å². The molecule has 3 amide bonds. The quantitative estimate of drug-likeness (QED) is 0.605. The van der Waals surface area contributed by atoms with Gasteiger partial charge in [0.2, 0.25) is 17.7 Å². The minimum Gasteiger partial charge on any atom is -0.369 e. The number of carbonyl (C=O) groups excluding carboxylic acids is 3. The number of primary amides is 1. The lowest BCUT2D eigenvalue weighted by molar-refractivity contribution is -0.132. The highest BCUT2D eigenvalue weighted by atomic mass is 32.2. The van der Waals surface area contributed by atoms with E-state index in [9.17, 15) is 18.8 Å². The summed E-state index contributed by atoms with van der Waals surface area (Å²) in [5.41, 5.74) is 6.62. The molecule has 1 fully saturated rings. The Balaban J connectivity index is 1.45. The van der Waals surface area contributed by atoms with E-state index in [1.54, 1.807) is 23.1 Å². The van der Waals surface area contributed by atoms with E-state index in [0.29, 0.717) is 31.9 Å². The van der Waals surface area contributed by atoms with Crippen molar-refractivity contribution in [3.05, 3.63) is 59.9 Å². The second-order valence-electron chi connectivity index (χ2n) is 7.26. The van der Waals surface area contributed by atoms with Crippen molar-refractivity contribution in [3.63, 3.8) is 0 Å². The summed E-state index contributed by atoms with van der Waals surface area (Å²) >= 11 is 1.28. The minimum absolute atomic E-state index is 0.00360. The molecule has 2 aromatic rings. The molecule has 0 aliphatic carbocycles. The molecule has 1 aliphatic rings. The van der Waals surface area contributed by atoms with Crippen LogP contribution >= 0.6 is 11.8 Å². The van der Waals surface area contributed by atoms with Gasteiger partial charge in [0.05, 0.1) is 24.4 Å². The molecule has 3 N–H and O–H groups in total. The van der Waals surface area contributed by atoms with Gasteiger partial charge in [0.15, 0.2) is 0 Å². The second-order valence-corrected chi connectivity index (χ2v) is 8.28. The Labute approximate surface area is 184 Å². The van der Waals surface area contributed by atoms with Crippen LogP contribution in [-0.2, 0) is 20.8 Å². The first kappa shape index (κ1) is 22.8. The fourth-order valence-corrected chi connectivity index (χ4v) is 4.03. The third-order valence-electron chi connectivity index (χ3n) is 4.89. The van der Waals surface area contributed by atoms with Crippen LogP contribution in [0.4, 0.5) is 10.1 Å². The first-order valence-electron chi connectivity index (χ1n) is 9.95. The Kier molecular flexibility index (Phi) is 8.02. The zero-order valence-corrected chi connectivity index (χ0v) is 17.9. The van der Waals surface area contributed by atoms with Crippen molar-refractivity contribution in [2.75, 3.05) is 43.8 Å². The highest BCUT2D eigenvalue weighted by Gasteiger charge is 2.22. The van der Waals surface area contributed by atoms with E-state index in [1.807, 2.05) is 23.1 Å². The standard InChI is InChI=1S/C22H25FN4O3S/c23-17-7-5-16(6-8-17)13-22(30)27-11-9-26(10-12-27)14-21(29)25-18-3-1-2-4-19(18)31-15-20(24)28/h1-8H,9-15H2,(H2,24,28)(H,25,29). The van der Waals surface area contributed by atoms with Crippen LogP contribution in [0.25, 0.3) is 0 Å². The molecule has 2 aromatic carbocycles. The van der Waals surface area contributed by atoms with Gasteiger partial charge in [-0.2, -0.15) is 0 Å². The lowest BCUT2D eigenvalue weighted by Crippen LogP contribution is -2.50. The molecule has 0 saturated carbocycles. The van der Waals surface area contributed by atoms with Gasteiger partial charge in [-0.25, -0.2) is 4.39 Å². The highest BCUT2D eigenvalue weighted by Crippen LogP contribution is 2.26. The van der Waals surface area contributed by atoms with Gasteiger partial charge in [0.25, 0.3) is 0 Å². The summed E-state index contributed by atoms with van der Waals surface area (Å²) in [5.74, 6) is -0.759. The van der Waals surface area contributed by atoms with Crippen LogP contribution in [0.2, 0.25) is 0 Å². The van der Waals surface area contributed by atoms with Crippen LogP contribution in [0, 0.1) is 5.82 Å². The largest absolute Gasteiger partial charge is 0.369 e. The molecule has 0 unspecified atom stereocenters. The van der Waals surface area contributed by atoms with E-state index in [0.717, 1.165) is 10.5 Å². The number of benzene rings is 2. The normalized spacial score (nSPS) is 14.3. The van der Waals surface area contributed by atoms with Crippen LogP contribution in [0.15, 0.2) is 53.4 Å². The van der Waals surface area contributed by atoms with Crippen molar-refractivity contribution in [1.29, 1.82) is 0 Å². The molecule has 3 rings (SSSR count). The number of rotatable bonds is 8. The Morgan fingerprint density at radius 1 is 1.00 bits per heavy atom. The van der Waals surface area contributed by atoms with Crippen LogP contribution < -0.4 is 11.1 Å². The Hall–Kier alpha value is -2.91. The first-order chi connectivity index (χ1) is 14.9. The van der Waals surface area contributed by atoms with Crippen molar-refractivity contribution >= 4 is 35.2 Å². The summed E-state index contributed by atoms with van der Waals surface area (Å²) in [5, 5.41) is 2.89. The molecule has 0 spiro atoms. The van der Waals surface area contributed by atoms with E-state index >= 15 is 0 Å². The highest BCUT2D eigenvalue weighted by molar-refractivity contribution is 8.00. The number of hydrogen-bond acceptors (Lipinski definition) is 5. The monoisotopic (exact) mass is 444 g/mol. The lowest BCUT2D eigenvalue weighted by Gasteiger charge is -2.34. The summed E-state index contributed by atoms with van der Waals surface area (Å²) < 4.78 is 13.0. The van der Waals surface area contributed by atoms with Crippen molar-refractivity contribution in [3.8, 4) is 0 Å². The van der Waals surface area contributed by atoms with Crippen molar-refractivity contribution < 1.29 is 18.8 Å². The number of amides is 3. The third kappa shape index (κ3) is 7.08. The Bertz CT molecular complexity index is 931. The van der Waals surface area contributed by atoms with Crippen molar-refractivity contribution in [2.45, 2.75) is 11.3 Å². The molecule has 164 valence electrons. The molecule has 0 atom stereocenters. The van der Waals surface area contributed by atoms with E-state index in [-0.39, 0.29) is 36.4 Å². The fourth-order valence-electron chi connectivity index (χ4n) is 3.28. The third-order valence-corrected chi connectivity index (χ3v) is 5.99. The number of nitrogens with zero attached hydrogens (tertiary/aromatic N) is 2. The SMILES string of the molecule is NC(=O)CSc1ccccc1NC(=O)CN1CCN(C(=O)Cc2ccc(F)cc2)CC1. The maximum atomic E-state index is 13.0. The number of para-hydroxylation sites is 1. The average molecular weight is 445 g/mol. The van der Waals surface area contributed by atoms with Crippen LogP contribution in [0.5, 0.6) is 0 Å². The molecule has 31 heavy (non-hydrogen) atoms. The van der Waals surface area contributed by atoms with E-state index in [1.165, 1.54) is 23.9 Å². The van der Waals surface area contributed by atoms with Crippen LogP contribution in [0.1, 0.15) is 5.56 Å². The lowest BCUT2D eigenvalue weighted by atomic mass is 10.1. The van der Waals surface area contributed by atoms with Crippen LogP contribution in [0.3, 0.4) is 0 Å².